The predicted molar refractivity (Wildman–Crippen MR) is 73.0 cm³/mol. The van der Waals surface area contributed by atoms with Gasteiger partial charge in [0.1, 0.15) is 0 Å². The lowest BCUT2D eigenvalue weighted by atomic mass is 9.81. The number of ketones is 1. The Morgan fingerprint density at radius 2 is 2.05 bits per heavy atom. The Morgan fingerprint density at radius 1 is 1.26 bits per heavy atom. The van der Waals surface area contributed by atoms with Crippen molar-refractivity contribution in [3.8, 4) is 0 Å². The molecule has 4 heteroatoms. The zero-order valence-corrected chi connectivity index (χ0v) is 10.8. The molecule has 0 saturated heterocycles. The second kappa shape index (κ2) is 4.46. The highest BCUT2D eigenvalue weighted by atomic mass is 16.1. The lowest BCUT2D eigenvalue weighted by molar-refractivity contribution is 0.0962. The van der Waals surface area contributed by atoms with Gasteiger partial charge in [-0.2, -0.15) is 0 Å². The topological polar surface area (TPSA) is 68.9 Å². The third kappa shape index (κ3) is 2.10. The van der Waals surface area contributed by atoms with E-state index < -0.39 is 0 Å². The number of carbonyl (C=O) groups is 1. The van der Waals surface area contributed by atoms with Gasteiger partial charge in [0.15, 0.2) is 5.78 Å². The first kappa shape index (κ1) is 11.8. The lowest BCUT2D eigenvalue weighted by Gasteiger charge is -2.24. The third-order valence-corrected chi connectivity index (χ3v) is 3.69. The van der Waals surface area contributed by atoms with Crippen LogP contribution < -0.4 is 5.73 Å². The van der Waals surface area contributed by atoms with Crippen LogP contribution in [0.3, 0.4) is 0 Å². The molecule has 96 valence electrons. The number of carbonyl (C=O) groups excluding carboxylic acids is 1. The number of aromatic nitrogens is 2. The molecule has 0 aliphatic heterocycles. The summed E-state index contributed by atoms with van der Waals surface area (Å²) in [6.45, 7) is 2.07. The number of nitrogens with zero attached hydrogens (tertiary/aromatic N) is 2. The molecule has 1 aliphatic rings. The average Bonchev–Trinajstić information content (AvgIpc) is 2.38. The monoisotopic (exact) mass is 253 g/mol. The number of fused-ring (bicyclic) bond motifs is 1. The quantitative estimate of drug-likeness (QED) is 0.846. The molecule has 2 N–H and O–H groups in total. The fraction of sp³-hybridized carbons (Fsp3) is 0.267. The second-order valence-electron chi connectivity index (χ2n) is 4.97. The van der Waals surface area contributed by atoms with E-state index in [0.717, 1.165) is 12.1 Å². The Labute approximate surface area is 111 Å². The van der Waals surface area contributed by atoms with Crippen LogP contribution in [0.4, 0.5) is 5.95 Å². The van der Waals surface area contributed by atoms with E-state index in [-0.39, 0.29) is 17.6 Å². The van der Waals surface area contributed by atoms with E-state index in [0.29, 0.717) is 12.0 Å². The number of nitrogen functional groups attached to an aromatic ring is 1. The predicted octanol–water partition coefficient (Wildman–Crippen LogP) is 2.28. The van der Waals surface area contributed by atoms with E-state index in [4.69, 9.17) is 5.73 Å². The van der Waals surface area contributed by atoms with Crippen LogP contribution in [0.25, 0.3) is 0 Å². The number of anilines is 1. The fourth-order valence-electron chi connectivity index (χ4n) is 2.73. The summed E-state index contributed by atoms with van der Waals surface area (Å²) >= 11 is 0. The molecule has 1 atom stereocenters. The zero-order chi connectivity index (χ0) is 13.4. The van der Waals surface area contributed by atoms with E-state index in [1.165, 1.54) is 11.1 Å². The summed E-state index contributed by atoms with van der Waals surface area (Å²) in [5.74, 6) is 0.530. The molecule has 0 radical (unpaired) electrons. The summed E-state index contributed by atoms with van der Waals surface area (Å²) in [5, 5.41) is 0. The Balaban J connectivity index is 2.01. The normalized spacial score (nSPS) is 18.2. The summed E-state index contributed by atoms with van der Waals surface area (Å²) in [6, 6.07) is 8.18. The average molecular weight is 253 g/mol. The summed E-state index contributed by atoms with van der Waals surface area (Å²) in [5.41, 5.74) is 9.44. The van der Waals surface area contributed by atoms with E-state index in [9.17, 15) is 4.79 Å². The van der Waals surface area contributed by atoms with Crippen molar-refractivity contribution in [3.05, 3.63) is 52.8 Å². The standard InChI is InChI=1S/C15H15N3O/c1-9-4-2-3-5-11(9)10-6-13-12(14(19)7-10)8-17-15(16)18-13/h2-5,8,10H,6-7H2,1H3,(H2,16,17,18)/t10-/m0/s1. The third-order valence-electron chi connectivity index (χ3n) is 3.69. The van der Waals surface area contributed by atoms with Gasteiger partial charge < -0.3 is 5.73 Å². The van der Waals surface area contributed by atoms with Gasteiger partial charge >= 0.3 is 0 Å². The van der Waals surface area contributed by atoms with Crippen molar-refractivity contribution in [1.29, 1.82) is 0 Å². The number of hydrogen-bond acceptors (Lipinski definition) is 4. The van der Waals surface area contributed by atoms with Crippen molar-refractivity contribution in [3.63, 3.8) is 0 Å². The second-order valence-corrected chi connectivity index (χ2v) is 4.97. The molecule has 0 fully saturated rings. The van der Waals surface area contributed by atoms with E-state index in [2.05, 4.69) is 29.0 Å². The van der Waals surface area contributed by atoms with Gasteiger partial charge in [-0.1, -0.05) is 24.3 Å². The Bertz CT molecular complexity index is 652. The van der Waals surface area contributed by atoms with Gasteiger partial charge in [0.05, 0.1) is 11.3 Å². The largest absolute Gasteiger partial charge is 0.368 e. The van der Waals surface area contributed by atoms with Crippen LogP contribution in [-0.4, -0.2) is 15.8 Å². The van der Waals surface area contributed by atoms with Gasteiger partial charge in [-0.05, 0) is 30.4 Å². The molecule has 0 saturated carbocycles. The van der Waals surface area contributed by atoms with Crippen molar-refractivity contribution in [1.82, 2.24) is 9.97 Å². The van der Waals surface area contributed by atoms with Gasteiger partial charge in [0.25, 0.3) is 0 Å². The van der Waals surface area contributed by atoms with Crippen molar-refractivity contribution < 1.29 is 4.79 Å². The van der Waals surface area contributed by atoms with Crippen LogP contribution in [0.5, 0.6) is 0 Å². The van der Waals surface area contributed by atoms with Crippen LogP contribution in [-0.2, 0) is 6.42 Å². The Hall–Kier alpha value is -2.23. The molecule has 1 aromatic heterocycles. The molecule has 19 heavy (non-hydrogen) atoms. The minimum Gasteiger partial charge on any atom is -0.368 e. The minimum absolute atomic E-state index is 0.106. The zero-order valence-electron chi connectivity index (χ0n) is 10.8. The molecule has 1 aliphatic carbocycles. The number of Topliss-reactive ketones (excluding diaryl/α,β-unsaturated/α-hetero) is 1. The number of aryl methyl sites for hydroxylation is 1. The molecular formula is C15H15N3O. The first-order valence-corrected chi connectivity index (χ1v) is 6.35. The molecule has 4 nitrogen and oxygen atoms in total. The molecule has 0 unspecified atom stereocenters. The minimum atomic E-state index is 0.106. The number of nitrogens with two attached hydrogens (primary N) is 1. The molecule has 1 aromatic carbocycles. The Kier molecular flexibility index (Phi) is 2.78. The number of hydrogen-bond donors (Lipinski definition) is 1. The van der Waals surface area contributed by atoms with E-state index >= 15 is 0 Å². The molecule has 0 amide bonds. The van der Waals surface area contributed by atoms with Gasteiger partial charge in [-0.25, -0.2) is 9.97 Å². The van der Waals surface area contributed by atoms with Gasteiger partial charge in [0.2, 0.25) is 5.95 Å². The molecular weight excluding hydrogens is 238 g/mol. The molecule has 0 spiro atoms. The number of benzene rings is 1. The fourth-order valence-corrected chi connectivity index (χ4v) is 2.73. The molecule has 1 heterocycles. The molecule has 2 aromatic rings. The van der Waals surface area contributed by atoms with Gasteiger partial charge in [-0.3, -0.25) is 4.79 Å². The highest BCUT2D eigenvalue weighted by Gasteiger charge is 2.28. The molecule has 3 rings (SSSR count). The van der Waals surface area contributed by atoms with Crippen LogP contribution in [0.2, 0.25) is 0 Å². The summed E-state index contributed by atoms with van der Waals surface area (Å²) in [7, 11) is 0. The smallest absolute Gasteiger partial charge is 0.220 e. The number of rotatable bonds is 1. The SMILES string of the molecule is Cc1ccccc1[C@@H]1CC(=O)c2cnc(N)nc2C1. The van der Waals surface area contributed by atoms with Crippen LogP contribution in [0, 0.1) is 6.92 Å². The van der Waals surface area contributed by atoms with Crippen molar-refractivity contribution >= 4 is 11.7 Å². The van der Waals surface area contributed by atoms with Crippen molar-refractivity contribution in [2.45, 2.75) is 25.7 Å². The maximum absolute atomic E-state index is 12.2. The maximum atomic E-state index is 12.2. The first-order valence-electron chi connectivity index (χ1n) is 6.35. The van der Waals surface area contributed by atoms with Crippen molar-refractivity contribution in [2.75, 3.05) is 5.73 Å². The highest BCUT2D eigenvalue weighted by molar-refractivity contribution is 5.98. The van der Waals surface area contributed by atoms with Crippen LogP contribution >= 0.6 is 0 Å². The van der Waals surface area contributed by atoms with Gasteiger partial charge in [-0.15, -0.1) is 0 Å². The first-order chi connectivity index (χ1) is 9.15. The summed E-state index contributed by atoms with van der Waals surface area (Å²) in [4.78, 5) is 20.3. The van der Waals surface area contributed by atoms with E-state index in [1.54, 1.807) is 6.20 Å². The van der Waals surface area contributed by atoms with Gasteiger partial charge in [0, 0.05) is 12.6 Å². The van der Waals surface area contributed by atoms with Crippen LogP contribution in [0.15, 0.2) is 30.5 Å². The summed E-state index contributed by atoms with van der Waals surface area (Å²) in [6.07, 6.45) is 2.82. The summed E-state index contributed by atoms with van der Waals surface area (Å²) < 4.78 is 0. The maximum Gasteiger partial charge on any atom is 0.220 e. The Morgan fingerprint density at radius 3 is 2.84 bits per heavy atom. The lowest BCUT2D eigenvalue weighted by Crippen LogP contribution is -2.21. The van der Waals surface area contributed by atoms with Crippen LogP contribution in [0.1, 0.15) is 39.5 Å². The van der Waals surface area contributed by atoms with E-state index in [1.807, 2.05) is 12.1 Å². The van der Waals surface area contributed by atoms with Crippen molar-refractivity contribution in [2.24, 2.45) is 0 Å². The molecule has 0 bridgehead atoms. The highest BCUT2D eigenvalue weighted by Crippen LogP contribution is 2.33.